The lowest BCUT2D eigenvalue weighted by atomic mass is 10.1. The van der Waals surface area contributed by atoms with Crippen molar-refractivity contribution in [2.45, 2.75) is 25.4 Å². The third kappa shape index (κ3) is 2.55. The van der Waals surface area contributed by atoms with Gasteiger partial charge in [-0.1, -0.05) is 6.07 Å². The van der Waals surface area contributed by atoms with Crippen molar-refractivity contribution in [1.82, 2.24) is 4.90 Å². The van der Waals surface area contributed by atoms with Crippen LogP contribution in [-0.4, -0.2) is 27.9 Å². The molecule has 1 saturated heterocycles. The first kappa shape index (κ1) is 13.0. The zero-order valence-corrected chi connectivity index (χ0v) is 9.97. The molecule has 0 saturated carbocycles. The predicted molar refractivity (Wildman–Crippen MR) is 62.3 cm³/mol. The summed E-state index contributed by atoms with van der Waals surface area (Å²) in [4.78, 5) is 23.9. The maximum atomic E-state index is 13.0. The minimum Gasteiger partial charge on any atom is -0.480 e. The Morgan fingerprint density at radius 3 is 2.95 bits per heavy atom. The number of aliphatic carboxylic acids is 1. The monoisotopic (exact) mass is 262 g/mol. The lowest BCUT2D eigenvalue weighted by Gasteiger charge is -2.22. The van der Waals surface area contributed by atoms with E-state index >= 15 is 0 Å². The van der Waals surface area contributed by atoms with Crippen molar-refractivity contribution in [2.75, 3.05) is 0 Å². The Morgan fingerprint density at radius 1 is 1.58 bits per heavy atom. The summed E-state index contributed by atoms with van der Waals surface area (Å²) in [5.74, 6) is -1.87. The Bertz CT molecular complexity index is 580. The molecule has 1 aliphatic heterocycles. The first-order valence-corrected chi connectivity index (χ1v) is 5.73. The normalized spacial score (nSPS) is 18.4. The fourth-order valence-electron chi connectivity index (χ4n) is 2.16. The first-order valence-electron chi connectivity index (χ1n) is 5.73. The minimum atomic E-state index is -1.06. The third-order valence-corrected chi connectivity index (χ3v) is 3.15. The highest BCUT2D eigenvalue weighted by Gasteiger charge is 2.36. The van der Waals surface area contributed by atoms with E-state index in [0.717, 1.165) is 6.07 Å². The summed E-state index contributed by atoms with van der Waals surface area (Å²) in [6, 6.07) is 4.64. The largest absolute Gasteiger partial charge is 0.480 e. The number of carbonyl (C=O) groups is 2. The molecule has 0 aromatic heterocycles. The second kappa shape index (κ2) is 5.06. The molecule has 19 heavy (non-hydrogen) atoms. The van der Waals surface area contributed by atoms with Crippen molar-refractivity contribution >= 4 is 11.9 Å². The summed E-state index contributed by atoms with van der Waals surface area (Å²) >= 11 is 0. The average Bonchev–Trinajstić information content (AvgIpc) is 2.73. The molecule has 1 unspecified atom stereocenters. The number of carbonyl (C=O) groups excluding carboxylic acids is 1. The van der Waals surface area contributed by atoms with Crippen molar-refractivity contribution in [2.24, 2.45) is 0 Å². The van der Waals surface area contributed by atoms with Gasteiger partial charge in [0.2, 0.25) is 5.91 Å². The highest BCUT2D eigenvalue weighted by atomic mass is 19.1. The van der Waals surface area contributed by atoms with Crippen LogP contribution < -0.4 is 0 Å². The molecule has 0 bridgehead atoms. The van der Waals surface area contributed by atoms with Crippen molar-refractivity contribution in [1.29, 1.82) is 5.26 Å². The maximum absolute atomic E-state index is 13.0. The van der Waals surface area contributed by atoms with E-state index in [1.165, 1.54) is 17.0 Å². The van der Waals surface area contributed by atoms with Crippen LogP contribution in [0.1, 0.15) is 24.0 Å². The molecule has 1 aromatic rings. The van der Waals surface area contributed by atoms with E-state index in [0.29, 0.717) is 5.56 Å². The fraction of sp³-hybridized carbons (Fsp3) is 0.308. The maximum Gasteiger partial charge on any atom is 0.326 e. The van der Waals surface area contributed by atoms with Gasteiger partial charge in [-0.25, -0.2) is 9.18 Å². The van der Waals surface area contributed by atoms with Crippen LogP contribution in [0.4, 0.5) is 4.39 Å². The number of nitrogens with zero attached hydrogens (tertiary/aromatic N) is 2. The molecule has 1 heterocycles. The van der Waals surface area contributed by atoms with Gasteiger partial charge >= 0.3 is 5.97 Å². The van der Waals surface area contributed by atoms with Gasteiger partial charge in [-0.3, -0.25) is 4.79 Å². The molecule has 0 radical (unpaired) electrons. The number of benzene rings is 1. The second-order valence-corrected chi connectivity index (χ2v) is 4.33. The first-order chi connectivity index (χ1) is 9.02. The number of hydrogen-bond donors (Lipinski definition) is 1. The summed E-state index contributed by atoms with van der Waals surface area (Å²) in [5.41, 5.74) is 0.564. The Morgan fingerprint density at radius 2 is 2.32 bits per heavy atom. The lowest BCUT2D eigenvalue weighted by molar-refractivity contribution is -0.146. The zero-order valence-electron chi connectivity index (χ0n) is 9.97. The number of nitriles is 1. The van der Waals surface area contributed by atoms with E-state index < -0.39 is 17.8 Å². The highest BCUT2D eigenvalue weighted by Crippen LogP contribution is 2.23. The Balaban J connectivity index is 2.28. The SMILES string of the molecule is N#Cc1cc(F)ccc1CN1C(=O)CCC1C(=O)O. The number of carboxylic acid groups (broad SMARTS) is 1. The summed E-state index contributed by atoms with van der Waals surface area (Å²) in [6.07, 6.45) is 0.442. The van der Waals surface area contributed by atoms with Crippen LogP contribution in [0.15, 0.2) is 18.2 Å². The van der Waals surface area contributed by atoms with Gasteiger partial charge < -0.3 is 10.0 Å². The summed E-state index contributed by atoms with van der Waals surface area (Å²) in [5, 5.41) is 18.0. The molecule has 1 atom stereocenters. The zero-order chi connectivity index (χ0) is 14.0. The van der Waals surface area contributed by atoms with E-state index in [-0.39, 0.29) is 30.9 Å². The van der Waals surface area contributed by atoms with Gasteiger partial charge in [0.25, 0.3) is 0 Å². The highest BCUT2D eigenvalue weighted by molar-refractivity contribution is 5.87. The Labute approximate surface area is 108 Å². The average molecular weight is 262 g/mol. The Hall–Kier alpha value is -2.42. The van der Waals surface area contributed by atoms with E-state index in [2.05, 4.69) is 0 Å². The molecular formula is C13H11FN2O3. The third-order valence-electron chi connectivity index (χ3n) is 3.15. The van der Waals surface area contributed by atoms with Crippen LogP contribution in [0.3, 0.4) is 0 Å². The lowest BCUT2D eigenvalue weighted by Crippen LogP contribution is -2.38. The summed E-state index contributed by atoms with van der Waals surface area (Å²) in [7, 11) is 0. The second-order valence-electron chi connectivity index (χ2n) is 4.33. The quantitative estimate of drug-likeness (QED) is 0.889. The molecule has 0 aliphatic carbocycles. The molecule has 1 N–H and O–H groups in total. The molecule has 1 aliphatic rings. The molecular weight excluding hydrogens is 251 g/mol. The van der Waals surface area contributed by atoms with Crippen molar-refractivity contribution in [3.63, 3.8) is 0 Å². The molecule has 2 rings (SSSR count). The van der Waals surface area contributed by atoms with Gasteiger partial charge in [-0.2, -0.15) is 5.26 Å². The number of amides is 1. The molecule has 98 valence electrons. The number of likely N-dealkylation sites (tertiary alicyclic amines) is 1. The van der Waals surface area contributed by atoms with Crippen LogP contribution >= 0.6 is 0 Å². The smallest absolute Gasteiger partial charge is 0.326 e. The predicted octanol–water partition coefficient (Wildman–Crippen LogP) is 1.27. The molecule has 1 fully saturated rings. The van der Waals surface area contributed by atoms with Crippen LogP contribution in [0, 0.1) is 17.1 Å². The number of rotatable bonds is 3. The van der Waals surface area contributed by atoms with Gasteiger partial charge in [0, 0.05) is 13.0 Å². The molecule has 5 nitrogen and oxygen atoms in total. The van der Waals surface area contributed by atoms with Crippen LogP contribution in [0.2, 0.25) is 0 Å². The van der Waals surface area contributed by atoms with E-state index in [1.54, 1.807) is 0 Å². The van der Waals surface area contributed by atoms with Crippen LogP contribution in [0.25, 0.3) is 0 Å². The van der Waals surface area contributed by atoms with Crippen molar-refractivity contribution < 1.29 is 19.1 Å². The minimum absolute atomic E-state index is 0.0129. The van der Waals surface area contributed by atoms with Gasteiger partial charge in [-0.05, 0) is 24.1 Å². The molecule has 1 aromatic carbocycles. The van der Waals surface area contributed by atoms with Crippen LogP contribution in [-0.2, 0) is 16.1 Å². The van der Waals surface area contributed by atoms with E-state index in [1.807, 2.05) is 6.07 Å². The van der Waals surface area contributed by atoms with Gasteiger partial charge in [0.05, 0.1) is 11.6 Å². The van der Waals surface area contributed by atoms with E-state index in [9.17, 15) is 14.0 Å². The number of hydrogen-bond acceptors (Lipinski definition) is 3. The molecule has 1 amide bonds. The van der Waals surface area contributed by atoms with Gasteiger partial charge in [-0.15, -0.1) is 0 Å². The number of carboxylic acids is 1. The summed E-state index contributed by atoms with van der Waals surface area (Å²) in [6.45, 7) is 0.0129. The fourth-order valence-corrected chi connectivity index (χ4v) is 2.16. The van der Waals surface area contributed by atoms with Crippen molar-refractivity contribution in [3.05, 3.63) is 35.1 Å². The standard InChI is InChI=1S/C13H11FN2O3/c14-10-2-1-8(9(5-10)6-15)7-16-11(13(18)19)3-4-12(16)17/h1-2,5,11H,3-4,7H2,(H,18,19). The van der Waals surface area contributed by atoms with E-state index in [4.69, 9.17) is 10.4 Å². The Kier molecular flexibility index (Phi) is 3.47. The van der Waals surface area contributed by atoms with Gasteiger partial charge in [0.15, 0.2) is 0 Å². The van der Waals surface area contributed by atoms with Crippen LogP contribution in [0.5, 0.6) is 0 Å². The van der Waals surface area contributed by atoms with Gasteiger partial charge in [0.1, 0.15) is 11.9 Å². The molecule has 6 heteroatoms. The molecule has 0 spiro atoms. The number of halogens is 1. The van der Waals surface area contributed by atoms with Crippen molar-refractivity contribution in [3.8, 4) is 6.07 Å². The summed E-state index contributed by atoms with van der Waals surface area (Å²) < 4.78 is 13.0. The topological polar surface area (TPSA) is 81.4 Å².